The van der Waals surface area contributed by atoms with E-state index >= 15 is 0 Å². The molecule has 2 aromatic rings. The maximum Gasteiger partial charge on any atom is 0.243 e. The molecule has 9 heteroatoms. The van der Waals surface area contributed by atoms with Crippen LogP contribution in [0.2, 0.25) is 5.02 Å². The highest BCUT2D eigenvalue weighted by Gasteiger charge is 2.23. The zero-order valence-electron chi connectivity index (χ0n) is 15.1. The quantitative estimate of drug-likeness (QED) is 0.766. The smallest absolute Gasteiger partial charge is 0.243 e. The topological polar surface area (TPSA) is 95.6 Å². The lowest BCUT2D eigenvalue weighted by atomic mass is 10.2. The van der Waals surface area contributed by atoms with Gasteiger partial charge in [0.2, 0.25) is 21.8 Å². The number of likely N-dealkylation sites (N-methyl/N-ethyl adjacent to an activating group) is 1. The number of hydrogen-bond donors (Lipinski definition) is 2. The van der Waals surface area contributed by atoms with Gasteiger partial charge in [-0.3, -0.25) is 9.59 Å². The summed E-state index contributed by atoms with van der Waals surface area (Å²) < 4.78 is 26.1. The second kappa shape index (κ2) is 8.51. The van der Waals surface area contributed by atoms with Gasteiger partial charge in [-0.1, -0.05) is 17.7 Å². The highest BCUT2D eigenvalue weighted by molar-refractivity contribution is 7.89. The average molecular weight is 410 g/mol. The lowest BCUT2D eigenvalue weighted by Gasteiger charge is -2.17. The fourth-order valence-electron chi connectivity index (χ4n) is 2.29. The van der Waals surface area contributed by atoms with Crippen LogP contribution < -0.4 is 10.6 Å². The van der Waals surface area contributed by atoms with Crippen molar-refractivity contribution in [2.45, 2.75) is 18.7 Å². The third kappa shape index (κ3) is 5.53. The zero-order valence-corrected chi connectivity index (χ0v) is 16.7. The highest BCUT2D eigenvalue weighted by Crippen LogP contribution is 2.23. The van der Waals surface area contributed by atoms with E-state index in [-0.39, 0.29) is 17.3 Å². The van der Waals surface area contributed by atoms with Gasteiger partial charge in [-0.05, 0) is 48.9 Å². The van der Waals surface area contributed by atoms with Crippen LogP contribution in [0.1, 0.15) is 12.5 Å². The number of benzene rings is 2. The molecule has 2 N–H and O–H groups in total. The van der Waals surface area contributed by atoms with Crippen LogP contribution in [0, 0.1) is 6.92 Å². The van der Waals surface area contributed by atoms with Gasteiger partial charge in [-0.25, -0.2) is 8.42 Å². The molecule has 0 fully saturated rings. The summed E-state index contributed by atoms with van der Waals surface area (Å²) in [4.78, 5) is 23.2. The van der Waals surface area contributed by atoms with Crippen LogP contribution in [-0.2, 0) is 19.6 Å². The summed E-state index contributed by atoms with van der Waals surface area (Å²) in [5.41, 5.74) is 1.84. The molecule has 144 valence electrons. The van der Waals surface area contributed by atoms with Crippen molar-refractivity contribution in [3.63, 3.8) is 0 Å². The van der Waals surface area contributed by atoms with Gasteiger partial charge in [0, 0.05) is 19.7 Å². The molecule has 0 spiro atoms. The summed E-state index contributed by atoms with van der Waals surface area (Å²) >= 11 is 6.07. The Morgan fingerprint density at radius 2 is 1.70 bits per heavy atom. The Bertz CT molecular complexity index is 959. The van der Waals surface area contributed by atoms with Gasteiger partial charge in [0.15, 0.2) is 0 Å². The molecule has 0 aliphatic rings. The van der Waals surface area contributed by atoms with E-state index in [2.05, 4.69) is 10.6 Å². The number of hydrogen-bond acceptors (Lipinski definition) is 4. The lowest BCUT2D eigenvalue weighted by Crippen LogP contribution is -2.35. The Labute approximate surface area is 163 Å². The van der Waals surface area contributed by atoms with E-state index in [1.165, 1.54) is 38.2 Å². The summed E-state index contributed by atoms with van der Waals surface area (Å²) in [6, 6.07) is 10.8. The molecule has 0 bridgehead atoms. The van der Waals surface area contributed by atoms with Crippen LogP contribution in [-0.4, -0.2) is 38.1 Å². The van der Waals surface area contributed by atoms with Crippen molar-refractivity contribution in [3.05, 3.63) is 53.1 Å². The van der Waals surface area contributed by atoms with Crippen molar-refractivity contribution in [3.8, 4) is 0 Å². The predicted octanol–water partition coefficient (Wildman–Crippen LogP) is 2.87. The normalized spacial score (nSPS) is 11.3. The van der Waals surface area contributed by atoms with Crippen LogP contribution >= 0.6 is 11.6 Å². The molecule has 0 heterocycles. The fourth-order valence-corrected chi connectivity index (χ4v) is 3.70. The number of sulfonamides is 1. The third-order valence-corrected chi connectivity index (χ3v) is 5.78. The summed E-state index contributed by atoms with van der Waals surface area (Å²) in [5.74, 6) is -0.768. The van der Waals surface area contributed by atoms with Gasteiger partial charge >= 0.3 is 0 Å². The van der Waals surface area contributed by atoms with Crippen molar-refractivity contribution in [1.29, 1.82) is 0 Å². The minimum absolute atomic E-state index is 0.0141. The van der Waals surface area contributed by atoms with Crippen molar-refractivity contribution >= 4 is 44.8 Å². The van der Waals surface area contributed by atoms with E-state index in [0.29, 0.717) is 16.4 Å². The molecule has 7 nitrogen and oxygen atoms in total. The molecule has 0 aromatic heterocycles. The maximum atomic E-state index is 12.6. The minimum Gasteiger partial charge on any atom is -0.326 e. The number of anilines is 2. The third-order valence-electron chi connectivity index (χ3n) is 3.65. The monoisotopic (exact) mass is 409 g/mol. The molecule has 0 atom stereocenters. The van der Waals surface area contributed by atoms with E-state index < -0.39 is 15.9 Å². The van der Waals surface area contributed by atoms with E-state index in [9.17, 15) is 18.0 Å². The summed E-state index contributed by atoms with van der Waals surface area (Å²) in [7, 11) is -2.55. The molecule has 2 aromatic carbocycles. The van der Waals surface area contributed by atoms with Gasteiger partial charge < -0.3 is 10.6 Å². The first-order chi connectivity index (χ1) is 12.6. The first-order valence-corrected chi connectivity index (χ1v) is 9.81. The number of amides is 2. The van der Waals surface area contributed by atoms with Crippen molar-refractivity contribution in [2.75, 3.05) is 24.2 Å². The molecule has 27 heavy (non-hydrogen) atoms. The standard InChI is InChI=1S/C18H20ClN3O4S/c1-12-4-9-17(16(19)10-12)21-18(24)11-22(3)27(25,26)15-7-5-14(6-8-15)20-13(2)23/h4-10H,11H2,1-3H3,(H,20,23)(H,21,24). The second-order valence-corrected chi connectivity index (χ2v) is 8.45. The number of nitrogens with one attached hydrogen (secondary N) is 2. The summed E-state index contributed by atoms with van der Waals surface area (Å²) in [6.45, 7) is 2.85. The van der Waals surface area contributed by atoms with Gasteiger partial charge in [-0.2, -0.15) is 4.31 Å². The van der Waals surface area contributed by atoms with Gasteiger partial charge in [0.25, 0.3) is 0 Å². The maximum absolute atomic E-state index is 12.6. The summed E-state index contributed by atoms with van der Waals surface area (Å²) in [5, 5.41) is 5.53. The molecule has 0 saturated heterocycles. The van der Waals surface area contributed by atoms with Gasteiger partial charge in [-0.15, -0.1) is 0 Å². The van der Waals surface area contributed by atoms with Crippen molar-refractivity contribution in [1.82, 2.24) is 4.31 Å². The number of carbonyl (C=O) groups is 2. The van der Waals surface area contributed by atoms with Gasteiger partial charge in [0.05, 0.1) is 22.2 Å². The van der Waals surface area contributed by atoms with Crippen molar-refractivity contribution in [2.24, 2.45) is 0 Å². The lowest BCUT2D eigenvalue weighted by molar-refractivity contribution is -0.116. The van der Waals surface area contributed by atoms with Crippen LogP contribution in [0.15, 0.2) is 47.4 Å². The minimum atomic E-state index is -3.86. The van der Waals surface area contributed by atoms with Crippen molar-refractivity contribution < 1.29 is 18.0 Å². The van der Waals surface area contributed by atoms with Crippen LogP contribution in [0.25, 0.3) is 0 Å². The second-order valence-electron chi connectivity index (χ2n) is 6.00. The number of rotatable bonds is 6. The van der Waals surface area contributed by atoms with Crippen LogP contribution in [0.3, 0.4) is 0 Å². The van der Waals surface area contributed by atoms with E-state index in [1.807, 2.05) is 6.92 Å². The number of nitrogens with zero attached hydrogens (tertiary/aromatic N) is 1. The van der Waals surface area contributed by atoms with E-state index in [1.54, 1.807) is 18.2 Å². The molecule has 0 saturated carbocycles. The predicted molar refractivity (Wildman–Crippen MR) is 105 cm³/mol. The molecule has 0 aliphatic carbocycles. The van der Waals surface area contributed by atoms with Gasteiger partial charge in [0.1, 0.15) is 0 Å². The Hall–Kier alpha value is -2.42. The Morgan fingerprint density at radius 1 is 1.07 bits per heavy atom. The Balaban J connectivity index is 2.07. The number of halogens is 1. The zero-order chi connectivity index (χ0) is 20.2. The molecular formula is C18H20ClN3O4S. The first-order valence-electron chi connectivity index (χ1n) is 7.99. The Kier molecular flexibility index (Phi) is 6.59. The summed E-state index contributed by atoms with van der Waals surface area (Å²) in [6.07, 6.45) is 0. The number of carbonyl (C=O) groups excluding carboxylic acids is 2. The van der Waals surface area contributed by atoms with E-state index in [0.717, 1.165) is 9.87 Å². The van der Waals surface area contributed by atoms with Crippen LogP contribution in [0.4, 0.5) is 11.4 Å². The number of aryl methyl sites for hydroxylation is 1. The van der Waals surface area contributed by atoms with E-state index in [4.69, 9.17) is 11.6 Å². The largest absolute Gasteiger partial charge is 0.326 e. The first kappa shape index (κ1) is 20.9. The molecule has 0 aliphatic heterocycles. The molecule has 2 amide bonds. The SMILES string of the molecule is CC(=O)Nc1ccc(S(=O)(=O)N(C)CC(=O)Nc2ccc(C)cc2Cl)cc1. The molecule has 0 unspecified atom stereocenters. The molecular weight excluding hydrogens is 390 g/mol. The fraction of sp³-hybridized carbons (Fsp3) is 0.222. The Morgan fingerprint density at radius 3 is 2.26 bits per heavy atom. The van der Waals surface area contributed by atoms with Crippen LogP contribution in [0.5, 0.6) is 0 Å². The average Bonchev–Trinajstić information content (AvgIpc) is 2.57. The highest BCUT2D eigenvalue weighted by atomic mass is 35.5. The molecule has 2 rings (SSSR count). The molecule has 0 radical (unpaired) electrons.